The predicted molar refractivity (Wildman–Crippen MR) is 78.2 cm³/mol. The van der Waals surface area contributed by atoms with Gasteiger partial charge >= 0.3 is 13.7 Å². The maximum absolute atomic E-state index is 12.8. The average molecular weight is 313 g/mol. The zero-order valence-electron chi connectivity index (χ0n) is 12.2. The number of nitrogens with one attached hydrogen (secondary N) is 1. The van der Waals surface area contributed by atoms with Crippen molar-refractivity contribution >= 4 is 13.7 Å². The zero-order chi connectivity index (χ0) is 15.3. The van der Waals surface area contributed by atoms with Gasteiger partial charge in [-0.1, -0.05) is 30.3 Å². The lowest BCUT2D eigenvalue weighted by Crippen LogP contribution is -2.34. The Bertz CT molecular complexity index is 511. The minimum Gasteiger partial charge on any atom is -0.431 e. The van der Waals surface area contributed by atoms with Crippen LogP contribution in [0.1, 0.15) is 19.4 Å². The fraction of sp³-hybridized carbons (Fsp3) is 0.500. The molecule has 7 heteroatoms. The van der Waals surface area contributed by atoms with Crippen LogP contribution >= 0.6 is 7.60 Å². The quantitative estimate of drug-likeness (QED) is 0.783. The molecule has 0 spiro atoms. The van der Waals surface area contributed by atoms with Gasteiger partial charge in [0.1, 0.15) is 0 Å². The molecule has 0 unspecified atom stereocenters. The molecule has 2 rings (SSSR count). The van der Waals surface area contributed by atoms with E-state index in [1.807, 2.05) is 30.3 Å². The molecular weight excluding hydrogens is 293 g/mol. The summed E-state index contributed by atoms with van der Waals surface area (Å²) in [4.78, 5) is 11.5. The molecule has 1 fully saturated rings. The van der Waals surface area contributed by atoms with Crippen LogP contribution < -0.4 is 5.32 Å². The van der Waals surface area contributed by atoms with Crippen LogP contribution in [0, 0.1) is 0 Å². The molecule has 1 amide bonds. The first-order valence-electron chi connectivity index (χ1n) is 6.99. The van der Waals surface area contributed by atoms with Crippen molar-refractivity contribution in [2.75, 3.05) is 13.2 Å². The number of amides is 1. The summed E-state index contributed by atoms with van der Waals surface area (Å²) in [6, 6.07) is 9.17. The van der Waals surface area contributed by atoms with Gasteiger partial charge in [0.15, 0.2) is 0 Å². The molecule has 1 aliphatic rings. The van der Waals surface area contributed by atoms with Crippen LogP contribution in [-0.4, -0.2) is 31.2 Å². The molecule has 1 aromatic rings. The minimum atomic E-state index is -3.50. The van der Waals surface area contributed by atoms with Gasteiger partial charge in [0.05, 0.1) is 19.3 Å². The molecule has 1 heterocycles. The van der Waals surface area contributed by atoms with Crippen LogP contribution in [0.3, 0.4) is 0 Å². The van der Waals surface area contributed by atoms with E-state index < -0.39 is 25.6 Å². The first kappa shape index (κ1) is 16.0. The van der Waals surface area contributed by atoms with Gasteiger partial charge in [-0.25, -0.2) is 4.79 Å². The van der Waals surface area contributed by atoms with Crippen LogP contribution in [0.15, 0.2) is 30.3 Å². The number of rotatable bonds is 7. The molecule has 2 atom stereocenters. The largest absolute Gasteiger partial charge is 0.431 e. The Kier molecular flexibility index (Phi) is 5.39. The molecule has 21 heavy (non-hydrogen) atoms. The highest BCUT2D eigenvalue weighted by Crippen LogP contribution is 2.56. The Morgan fingerprint density at radius 3 is 2.38 bits per heavy atom. The second-order valence-electron chi connectivity index (χ2n) is 4.61. The molecule has 0 bridgehead atoms. The first-order chi connectivity index (χ1) is 10.1. The standard InChI is InChI=1S/C14H20NO5P/c1-3-18-21(17,19-4-2)13-12(15-14(16)20-13)10-11-8-6-5-7-9-11/h5-9,12-13H,3-4,10H2,1-2H3,(H,15,16)/t12-,13-/m0/s1. The lowest BCUT2D eigenvalue weighted by Gasteiger charge is -2.25. The van der Waals surface area contributed by atoms with Crippen molar-refractivity contribution in [1.82, 2.24) is 5.32 Å². The summed E-state index contributed by atoms with van der Waals surface area (Å²) < 4.78 is 28.5. The SMILES string of the molecule is CCOP(=O)(OCC)[C@@H]1OC(=O)N[C@H]1Cc1ccccc1. The summed E-state index contributed by atoms with van der Waals surface area (Å²) in [5.41, 5.74) is 1.01. The molecule has 0 aliphatic carbocycles. The van der Waals surface area contributed by atoms with Crippen molar-refractivity contribution < 1.29 is 23.1 Å². The lowest BCUT2D eigenvalue weighted by atomic mass is 10.1. The van der Waals surface area contributed by atoms with Crippen LogP contribution in [-0.2, 0) is 24.8 Å². The van der Waals surface area contributed by atoms with E-state index in [9.17, 15) is 9.36 Å². The average Bonchev–Trinajstić information content (AvgIpc) is 2.82. The fourth-order valence-corrected chi connectivity index (χ4v) is 4.23. The maximum atomic E-state index is 12.8. The predicted octanol–water partition coefficient (Wildman–Crippen LogP) is 2.93. The topological polar surface area (TPSA) is 73.9 Å². The number of alkyl carbamates (subject to hydrolysis) is 1. The number of ether oxygens (including phenoxy) is 1. The Morgan fingerprint density at radius 1 is 1.19 bits per heavy atom. The van der Waals surface area contributed by atoms with Crippen molar-refractivity contribution in [3.63, 3.8) is 0 Å². The Balaban J connectivity index is 2.19. The third-order valence-corrected chi connectivity index (χ3v) is 5.43. The van der Waals surface area contributed by atoms with Crippen molar-refractivity contribution in [1.29, 1.82) is 0 Å². The van der Waals surface area contributed by atoms with Crippen LogP contribution in [0.5, 0.6) is 0 Å². The van der Waals surface area contributed by atoms with E-state index in [0.29, 0.717) is 6.42 Å². The number of hydrogen-bond acceptors (Lipinski definition) is 5. The normalized spacial score (nSPS) is 21.9. The molecule has 1 aliphatic heterocycles. The van der Waals surface area contributed by atoms with E-state index in [-0.39, 0.29) is 13.2 Å². The highest BCUT2D eigenvalue weighted by Gasteiger charge is 2.49. The van der Waals surface area contributed by atoms with Gasteiger partial charge in [-0.15, -0.1) is 0 Å². The van der Waals surface area contributed by atoms with E-state index in [2.05, 4.69) is 5.32 Å². The molecule has 116 valence electrons. The molecule has 1 aromatic carbocycles. The van der Waals surface area contributed by atoms with Gasteiger partial charge in [-0.3, -0.25) is 4.57 Å². The van der Waals surface area contributed by atoms with Gasteiger partial charge in [-0.05, 0) is 25.8 Å². The summed E-state index contributed by atoms with van der Waals surface area (Å²) in [5.74, 6) is -0.926. The lowest BCUT2D eigenvalue weighted by molar-refractivity contribution is 0.127. The molecule has 0 radical (unpaired) electrons. The van der Waals surface area contributed by atoms with E-state index in [1.54, 1.807) is 13.8 Å². The number of cyclic esters (lactones) is 1. The smallest absolute Gasteiger partial charge is 0.408 e. The second-order valence-corrected chi connectivity index (χ2v) is 6.72. The van der Waals surface area contributed by atoms with Gasteiger partial charge in [0.2, 0.25) is 5.85 Å². The zero-order valence-corrected chi connectivity index (χ0v) is 13.0. The number of carbonyl (C=O) groups is 1. The van der Waals surface area contributed by atoms with E-state index in [1.165, 1.54) is 0 Å². The van der Waals surface area contributed by atoms with E-state index in [4.69, 9.17) is 13.8 Å². The van der Waals surface area contributed by atoms with Crippen LogP contribution in [0.25, 0.3) is 0 Å². The fourth-order valence-electron chi connectivity index (χ4n) is 2.30. The highest BCUT2D eigenvalue weighted by atomic mass is 31.2. The Labute approximate surface area is 124 Å². The Hall–Kier alpha value is -1.36. The van der Waals surface area contributed by atoms with Gasteiger partial charge in [0, 0.05) is 0 Å². The number of benzene rings is 1. The molecular formula is C14H20NO5P. The summed E-state index contributed by atoms with van der Waals surface area (Å²) in [5, 5.41) is 2.68. The van der Waals surface area contributed by atoms with Crippen molar-refractivity contribution in [3.8, 4) is 0 Å². The van der Waals surface area contributed by atoms with Gasteiger partial charge in [-0.2, -0.15) is 0 Å². The Morgan fingerprint density at radius 2 is 1.81 bits per heavy atom. The summed E-state index contributed by atoms with van der Waals surface area (Å²) in [7, 11) is -3.50. The maximum Gasteiger partial charge on any atom is 0.408 e. The minimum absolute atomic E-state index is 0.226. The highest BCUT2D eigenvalue weighted by molar-refractivity contribution is 7.54. The third kappa shape index (κ3) is 3.84. The monoisotopic (exact) mass is 313 g/mol. The van der Waals surface area contributed by atoms with Crippen molar-refractivity contribution in [3.05, 3.63) is 35.9 Å². The van der Waals surface area contributed by atoms with Crippen LogP contribution in [0.2, 0.25) is 0 Å². The second kappa shape index (κ2) is 7.07. The molecule has 0 aromatic heterocycles. The van der Waals surface area contributed by atoms with Gasteiger partial charge < -0.3 is 19.1 Å². The number of hydrogen-bond donors (Lipinski definition) is 1. The van der Waals surface area contributed by atoms with Crippen molar-refractivity contribution in [2.24, 2.45) is 0 Å². The summed E-state index contributed by atoms with van der Waals surface area (Å²) >= 11 is 0. The summed E-state index contributed by atoms with van der Waals surface area (Å²) in [6.07, 6.45) is -0.0953. The van der Waals surface area contributed by atoms with Crippen LogP contribution in [0.4, 0.5) is 4.79 Å². The molecule has 1 N–H and O–H groups in total. The number of carbonyl (C=O) groups excluding carboxylic acids is 1. The van der Waals surface area contributed by atoms with E-state index in [0.717, 1.165) is 5.56 Å². The summed E-state index contributed by atoms with van der Waals surface area (Å²) in [6.45, 7) is 3.90. The molecule has 6 nitrogen and oxygen atoms in total. The third-order valence-electron chi connectivity index (χ3n) is 3.10. The molecule has 1 saturated heterocycles. The van der Waals surface area contributed by atoms with E-state index >= 15 is 0 Å². The first-order valence-corrected chi connectivity index (χ1v) is 8.60. The molecule has 0 saturated carbocycles. The van der Waals surface area contributed by atoms with Crippen molar-refractivity contribution in [2.45, 2.75) is 32.2 Å². The van der Waals surface area contributed by atoms with Gasteiger partial charge in [0.25, 0.3) is 0 Å².